The van der Waals surface area contributed by atoms with E-state index in [-0.39, 0.29) is 0 Å². The lowest BCUT2D eigenvalue weighted by atomic mass is 10.1. The molecule has 0 aliphatic rings. The summed E-state index contributed by atoms with van der Waals surface area (Å²) in [5.41, 5.74) is 12.4. The third-order valence-electron chi connectivity index (χ3n) is 3.43. The molecule has 0 atom stereocenters. The molecular weight excluding hydrogens is 224 g/mol. The average molecular weight is 240 g/mol. The summed E-state index contributed by atoms with van der Waals surface area (Å²) in [6, 6.07) is 6.29. The number of fused-ring (bicyclic) bond motifs is 1. The highest BCUT2D eigenvalue weighted by Gasteiger charge is 2.17. The number of nitrogens with two attached hydrogens (primary N) is 1. The van der Waals surface area contributed by atoms with Gasteiger partial charge in [-0.1, -0.05) is 18.2 Å². The van der Waals surface area contributed by atoms with Crippen LogP contribution in [-0.4, -0.2) is 14.8 Å². The second kappa shape index (κ2) is 3.63. The minimum atomic E-state index is 0.711. The van der Waals surface area contributed by atoms with Crippen LogP contribution < -0.4 is 5.73 Å². The fourth-order valence-corrected chi connectivity index (χ4v) is 2.56. The van der Waals surface area contributed by atoms with E-state index in [4.69, 9.17) is 5.73 Å². The fourth-order valence-electron chi connectivity index (χ4n) is 2.56. The maximum absolute atomic E-state index is 6.03. The first-order valence-corrected chi connectivity index (χ1v) is 5.95. The monoisotopic (exact) mass is 240 g/mol. The Morgan fingerprint density at radius 2 is 2.06 bits per heavy atom. The van der Waals surface area contributed by atoms with Crippen molar-refractivity contribution in [3.8, 4) is 11.3 Å². The van der Waals surface area contributed by atoms with E-state index in [1.54, 1.807) is 6.20 Å². The molecule has 0 fully saturated rings. The molecule has 92 valence electrons. The largest absolute Gasteiger partial charge is 0.396 e. The molecule has 0 aliphatic heterocycles. The van der Waals surface area contributed by atoms with Crippen LogP contribution in [0, 0.1) is 13.8 Å². The number of aromatic amines is 1. The number of para-hydroxylation sites is 1. The summed E-state index contributed by atoms with van der Waals surface area (Å²) in [6.07, 6.45) is 1.70. The second-order valence-corrected chi connectivity index (χ2v) is 4.69. The van der Waals surface area contributed by atoms with Crippen molar-refractivity contribution in [2.24, 2.45) is 7.05 Å². The maximum Gasteiger partial charge on any atom is 0.0932 e. The number of benzene rings is 1. The zero-order valence-electron chi connectivity index (χ0n) is 10.8. The summed E-state index contributed by atoms with van der Waals surface area (Å²) < 4.78 is 1.83. The van der Waals surface area contributed by atoms with Gasteiger partial charge in [0.15, 0.2) is 0 Å². The summed E-state index contributed by atoms with van der Waals surface area (Å²) in [7, 11) is 1.92. The Labute approximate surface area is 105 Å². The fraction of sp³-hybridized carbons (Fsp3) is 0.214. The van der Waals surface area contributed by atoms with E-state index in [2.05, 4.69) is 42.1 Å². The number of aromatic nitrogens is 3. The SMILES string of the molecule is Cc1[nH]c2c(C)cccc2c1-c1c(N)cnn1C. The Morgan fingerprint density at radius 1 is 1.28 bits per heavy atom. The quantitative estimate of drug-likeness (QED) is 0.687. The molecule has 0 aliphatic carbocycles. The lowest BCUT2D eigenvalue weighted by Gasteiger charge is -2.04. The number of hydrogen-bond acceptors (Lipinski definition) is 2. The van der Waals surface area contributed by atoms with Crippen LogP contribution in [0.25, 0.3) is 22.2 Å². The molecule has 0 saturated heterocycles. The molecule has 4 nitrogen and oxygen atoms in total. The minimum Gasteiger partial charge on any atom is -0.396 e. The van der Waals surface area contributed by atoms with Crippen molar-refractivity contribution in [3.63, 3.8) is 0 Å². The van der Waals surface area contributed by atoms with Gasteiger partial charge in [0.05, 0.1) is 17.6 Å². The van der Waals surface area contributed by atoms with Crippen molar-refractivity contribution in [1.82, 2.24) is 14.8 Å². The van der Waals surface area contributed by atoms with E-state index in [0.29, 0.717) is 5.69 Å². The molecule has 0 amide bonds. The lowest BCUT2D eigenvalue weighted by Crippen LogP contribution is -1.96. The smallest absolute Gasteiger partial charge is 0.0932 e. The van der Waals surface area contributed by atoms with Gasteiger partial charge in [0, 0.05) is 29.2 Å². The van der Waals surface area contributed by atoms with Gasteiger partial charge in [-0.05, 0) is 19.4 Å². The van der Waals surface area contributed by atoms with Crippen molar-refractivity contribution < 1.29 is 0 Å². The van der Waals surface area contributed by atoms with Gasteiger partial charge < -0.3 is 10.7 Å². The molecule has 3 rings (SSSR count). The number of rotatable bonds is 1. The molecule has 1 aromatic carbocycles. The molecule has 4 heteroatoms. The molecule has 0 spiro atoms. The van der Waals surface area contributed by atoms with E-state index >= 15 is 0 Å². The zero-order valence-corrected chi connectivity index (χ0v) is 10.8. The Kier molecular flexibility index (Phi) is 2.20. The third-order valence-corrected chi connectivity index (χ3v) is 3.43. The summed E-state index contributed by atoms with van der Waals surface area (Å²) >= 11 is 0. The van der Waals surface area contributed by atoms with Crippen LogP contribution in [0.1, 0.15) is 11.3 Å². The summed E-state index contributed by atoms with van der Waals surface area (Å²) in [4.78, 5) is 3.44. The number of hydrogen-bond donors (Lipinski definition) is 2. The van der Waals surface area contributed by atoms with Gasteiger partial charge in [0.2, 0.25) is 0 Å². The van der Waals surface area contributed by atoms with Crippen molar-refractivity contribution in [3.05, 3.63) is 35.7 Å². The standard InChI is InChI=1S/C14H16N4/c1-8-5-4-6-10-12(9(2)17-13(8)10)14-11(15)7-16-18(14)3/h4-7,17H,15H2,1-3H3. The molecule has 2 heterocycles. The first-order chi connectivity index (χ1) is 8.59. The third kappa shape index (κ3) is 1.35. The second-order valence-electron chi connectivity index (χ2n) is 4.69. The highest BCUT2D eigenvalue weighted by molar-refractivity contribution is 6.00. The zero-order chi connectivity index (χ0) is 12.9. The summed E-state index contributed by atoms with van der Waals surface area (Å²) in [5, 5.41) is 5.42. The van der Waals surface area contributed by atoms with E-state index in [1.807, 2.05) is 11.7 Å². The molecule has 3 N–H and O–H groups in total. The Morgan fingerprint density at radius 3 is 2.72 bits per heavy atom. The molecule has 0 bridgehead atoms. The van der Waals surface area contributed by atoms with Crippen LogP contribution in [0.2, 0.25) is 0 Å². The van der Waals surface area contributed by atoms with Crippen LogP contribution in [-0.2, 0) is 7.05 Å². The van der Waals surface area contributed by atoms with E-state index < -0.39 is 0 Å². The molecule has 0 unspecified atom stereocenters. The van der Waals surface area contributed by atoms with Crippen LogP contribution in [0.4, 0.5) is 5.69 Å². The summed E-state index contributed by atoms with van der Waals surface area (Å²) in [6.45, 7) is 4.18. The molecule has 18 heavy (non-hydrogen) atoms. The normalized spacial score (nSPS) is 11.3. The van der Waals surface area contributed by atoms with Crippen LogP contribution in [0.15, 0.2) is 24.4 Å². The number of nitrogens with zero attached hydrogens (tertiary/aromatic N) is 2. The van der Waals surface area contributed by atoms with E-state index in [0.717, 1.165) is 17.0 Å². The Balaban J connectivity index is 2.43. The van der Waals surface area contributed by atoms with Crippen LogP contribution in [0.3, 0.4) is 0 Å². The van der Waals surface area contributed by atoms with Crippen molar-refractivity contribution in [1.29, 1.82) is 0 Å². The summed E-state index contributed by atoms with van der Waals surface area (Å²) in [5.74, 6) is 0. The van der Waals surface area contributed by atoms with Crippen LogP contribution in [0.5, 0.6) is 0 Å². The number of nitrogen functional groups attached to an aromatic ring is 1. The van der Waals surface area contributed by atoms with E-state index in [9.17, 15) is 0 Å². The van der Waals surface area contributed by atoms with Gasteiger partial charge in [-0.25, -0.2) is 0 Å². The van der Waals surface area contributed by atoms with Crippen molar-refractivity contribution >= 4 is 16.6 Å². The molecule has 0 saturated carbocycles. The van der Waals surface area contributed by atoms with Gasteiger partial charge in [0.1, 0.15) is 0 Å². The molecule has 2 aromatic heterocycles. The maximum atomic E-state index is 6.03. The molecule has 0 radical (unpaired) electrons. The van der Waals surface area contributed by atoms with Gasteiger partial charge in [-0.2, -0.15) is 5.10 Å². The van der Waals surface area contributed by atoms with Crippen molar-refractivity contribution in [2.45, 2.75) is 13.8 Å². The van der Waals surface area contributed by atoms with Gasteiger partial charge in [-0.15, -0.1) is 0 Å². The van der Waals surface area contributed by atoms with Gasteiger partial charge in [-0.3, -0.25) is 4.68 Å². The predicted octanol–water partition coefficient (Wildman–Crippen LogP) is 2.77. The topological polar surface area (TPSA) is 59.6 Å². The predicted molar refractivity (Wildman–Crippen MR) is 74.4 cm³/mol. The molecular formula is C14H16N4. The van der Waals surface area contributed by atoms with Crippen LogP contribution >= 0.6 is 0 Å². The van der Waals surface area contributed by atoms with Gasteiger partial charge in [0.25, 0.3) is 0 Å². The van der Waals surface area contributed by atoms with Gasteiger partial charge >= 0.3 is 0 Å². The Hall–Kier alpha value is -2.23. The lowest BCUT2D eigenvalue weighted by molar-refractivity contribution is 0.776. The number of nitrogens with one attached hydrogen (secondary N) is 1. The minimum absolute atomic E-state index is 0.711. The highest BCUT2D eigenvalue weighted by atomic mass is 15.3. The average Bonchev–Trinajstić information content (AvgIpc) is 2.81. The number of H-pyrrole nitrogens is 1. The first kappa shape index (κ1) is 10.9. The van der Waals surface area contributed by atoms with Crippen molar-refractivity contribution in [2.75, 3.05) is 5.73 Å². The first-order valence-electron chi connectivity index (χ1n) is 5.95. The number of aryl methyl sites for hydroxylation is 3. The highest BCUT2D eigenvalue weighted by Crippen LogP contribution is 2.35. The number of anilines is 1. The molecule has 3 aromatic rings. The van der Waals surface area contributed by atoms with E-state index in [1.165, 1.54) is 16.5 Å². The Bertz CT molecular complexity index is 714.